The molecule has 1 amide bonds. The standard InChI is InChI=1S/C17H29N3O/c1-3-4-5-6-7-8-11-18-17(21)14-9-10-15-16(12-14)20-13(2)19-15/h14H,3-12H2,1-2H3,(H,18,21)(H,19,20). The Morgan fingerprint density at radius 3 is 2.86 bits per heavy atom. The predicted octanol–water partition coefficient (Wildman–Crippen LogP) is 3.30. The number of imidazole rings is 1. The van der Waals surface area contributed by atoms with E-state index in [4.69, 9.17) is 0 Å². The highest BCUT2D eigenvalue weighted by Crippen LogP contribution is 2.23. The maximum atomic E-state index is 12.2. The fourth-order valence-corrected chi connectivity index (χ4v) is 3.11. The average Bonchev–Trinajstić information content (AvgIpc) is 2.85. The molecule has 0 fully saturated rings. The number of rotatable bonds is 8. The van der Waals surface area contributed by atoms with Gasteiger partial charge in [-0.3, -0.25) is 4.79 Å². The highest BCUT2D eigenvalue weighted by molar-refractivity contribution is 5.79. The van der Waals surface area contributed by atoms with Crippen LogP contribution in [0.4, 0.5) is 0 Å². The Bertz CT molecular complexity index is 453. The maximum absolute atomic E-state index is 12.2. The van der Waals surface area contributed by atoms with E-state index in [2.05, 4.69) is 22.2 Å². The molecule has 4 heteroatoms. The van der Waals surface area contributed by atoms with Crippen LogP contribution in [0.5, 0.6) is 0 Å². The molecule has 1 aliphatic rings. The largest absolute Gasteiger partial charge is 0.356 e. The molecule has 21 heavy (non-hydrogen) atoms. The molecule has 0 aliphatic heterocycles. The van der Waals surface area contributed by atoms with Crippen molar-refractivity contribution < 1.29 is 4.79 Å². The predicted molar refractivity (Wildman–Crippen MR) is 85.2 cm³/mol. The number of fused-ring (bicyclic) bond motifs is 1. The summed E-state index contributed by atoms with van der Waals surface area (Å²) in [5.74, 6) is 1.31. The van der Waals surface area contributed by atoms with Gasteiger partial charge in [0.25, 0.3) is 0 Å². The van der Waals surface area contributed by atoms with Crippen LogP contribution in [0.15, 0.2) is 0 Å². The molecular formula is C17H29N3O. The maximum Gasteiger partial charge on any atom is 0.223 e. The molecule has 1 aromatic heterocycles. The summed E-state index contributed by atoms with van der Waals surface area (Å²) < 4.78 is 0. The van der Waals surface area contributed by atoms with Gasteiger partial charge in [0.15, 0.2) is 0 Å². The van der Waals surface area contributed by atoms with E-state index in [-0.39, 0.29) is 11.8 Å². The fraction of sp³-hybridized carbons (Fsp3) is 0.765. The van der Waals surface area contributed by atoms with Crippen molar-refractivity contribution in [3.8, 4) is 0 Å². The summed E-state index contributed by atoms with van der Waals surface area (Å²) in [5.41, 5.74) is 2.32. The molecule has 1 unspecified atom stereocenters. The summed E-state index contributed by atoms with van der Waals surface area (Å²) in [7, 11) is 0. The Morgan fingerprint density at radius 1 is 1.29 bits per heavy atom. The second kappa shape index (κ2) is 8.20. The minimum atomic E-state index is 0.123. The topological polar surface area (TPSA) is 57.8 Å². The van der Waals surface area contributed by atoms with Gasteiger partial charge in [-0.2, -0.15) is 0 Å². The van der Waals surface area contributed by atoms with Crippen molar-refractivity contribution >= 4 is 5.91 Å². The Kier molecular flexibility index (Phi) is 6.27. The molecule has 0 spiro atoms. The van der Waals surface area contributed by atoms with Crippen LogP contribution in [-0.2, 0) is 17.6 Å². The third-order valence-electron chi connectivity index (χ3n) is 4.36. The number of hydrogen-bond donors (Lipinski definition) is 2. The molecule has 0 saturated carbocycles. The van der Waals surface area contributed by atoms with Crippen LogP contribution in [0.1, 0.15) is 69.1 Å². The second-order valence-corrected chi connectivity index (χ2v) is 6.25. The van der Waals surface area contributed by atoms with Crippen LogP contribution in [-0.4, -0.2) is 22.4 Å². The zero-order valence-electron chi connectivity index (χ0n) is 13.5. The minimum absolute atomic E-state index is 0.123. The number of carbonyl (C=O) groups is 1. The van der Waals surface area contributed by atoms with Crippen LogP contribution in [0.3, 0.4) is 0 Å². The van der Waals surface area contributed by atoms with E-state index in [9.17, 15) is 4.79 Å². The average molecular weight is 291 g/mol. The summed E-state index contributed by atoms with van der Waals surface area (Å²) in [6, 6.07) is 0. The Labute approximate surface area is 128 Å². The van der Waals surface area contributed by atoms with Crippen LogP contribution >= 0.6 is 0 Å². The highest BCUT2D eigenvalue weighted by Gasteiger charge is 2.26. The van der Waals surface area contributed by atoms with Gasteiger partial charge in [0.05, 0.1) is 5.69 Å². The van der Waals surface area contributed by atoms with Crippen LogP contribution < -0.4 is 5.32 Å². The molecule has 0 aromatic carbocycles. The van der Waals surface area contributed by atoms with Gasteiger partial charge < -0.3 is 10.3 Å². The zero-order valence-corrected chi connectivity index (χ0v) is 13.5. The molecule has 1 aromatic rings. The SMILES string of the molecule is CCCCCCCCNC(=O)C1CCc2nc(C)[nH]c2C1. The summed E-state index contributed by atoms with van der Waals surface area (Å²) in [5, 5.41) is 3.11. The van der Waals surface area contributed by atoms with Gasteiger partial charge >= 0.3 is 0 Å². The van der Waals surface area contributed by atoms with E-state index in [1.807, 2.05) is 6.92 Å². The highest BCUT2D eigenvalue weighted by atomic mass is 16.1. The van der Waals surface area contributed by atoms with Crippen molar-refractivity contribution in [3.63, 3.8) is 0 Å². The van der Waals surface area contributed by atoms with Gasteiger partial charge in [0.2, 0.25) is 5.91 Å². The van der Waals surface area contributed by atoms with E-state index >= 15 is 0 Å². The van der Waals surface area contributed by atoms with Gasteiger partial charge in [-0.15, -0.1) is 0 Å². The normalized spacial score (nSPS) is 17.5. The quantitative estimate of drug-likeness (QED) is 0.722. The Morgan fingerprint density at radius 2 is 2.05 bits per heavy atom. The second-order valence-electron chi connectivity index (χ2n) is 6.25. The van der Waals surface area contributed by atoms with Gasteiger partial charge in [0, 0.05) is 24.6 Å². The van der Waals surface area contributed by atoms with Crippen LogP contribution in [0, 0.1) is 12.8 Å². The van der Waals surface area contributed by atoms with E-state index < -0.39 is 0 Å². The number of H-pyrrole nitrogens is 1. The lowest BCUT2D eigenvalue weighted by molar-refractivity contribution is -0.125. The molecule has 2 rings (SSSR count). The number of amides is 1. The monoisotopic (exact) mass is 291 g/mol. The molecule has 0 bridgehead atoms. The summed E-state index contributed by atoms with van der Waals surface area (Å²) in [4.78, 5) is 20.0. The van der Waals surface area contributed by atoms with E-state index in [1.165, 1.54) is 37.8 Å². The third-order valence-corrected chi connectivity index (χ3v) is 4.36. The molecule has 1 aliphatic carbocycles. The first-order chi connectivity index (χ1) is 10.2. The van der Waals surface area contributed by atoms with E-state index in [0.717, 1.165) is 43.7 Å². The van der Waals surface area contributed by atoms with Crippen molar-refractivity contribution in [1.82, 2.24) is 15.3 Å². The minimum Gasteiger partial charge on any atom is -0.356 e. The van der Waals surface area contributed by atoms with Gasteiger partial charge in [-0.1, -0.05) is 39.0 Å². The Hall–Kier alpha value is -1.32. The Balaban J connectivity index is 1.63. The zero-order chi connectivity index (χ0) is 15.1. The van der Waals surface area contributed by atoms with Gasteiger partial charge in [-0.25, -0.2) is 4.98 Å². The summed E-state index contributed by atoms with van der Waals surface area (Å²) in [6.07, 6.45) is 10.3. The van der Waals surface area contributed by atoms with Crippen molar-refractivity contribution in [2.45, 2.75) is 71.6 Å². The number of hydrogen-bond acceptors (Lipinski definition) is 2. The molecular weight excluding hydrogens is 262 g/mol. The lowest BCUT2D eigenvalue weighted by Gasteiger charge is -2.20. The fourth-order valence-electron chi connectivity index (χ4n) is 3.11. The number of nitrogens with zero attached hydrogens (tertiary/aromatic N) is 1. The van der Waals surface area contributed by atoms with Gasteiger partial charge in [0.1, 0.15) is 5.82 Å². The number of unbranched alkanes of at least 4 members (excludes halogenated alkanes) is 5. The van der Waals surface area contributed by atoms with Crippen molar-refractivity contribution in [2.24, 2.45) is 5.92 Å². The number of aromatic nitrogens is 2. The molecule has 0 radical (unpaired) electrons. The van der Waals surface area contributed by atoms with Crippen molar-refractivity contribution in [3.05, 3.63) is 17.2 Å². The van der Waals surface area contributed by atoms with Crippen molar-refractivity contribution in [1.29, 1.82) is 0 Å². The molecule has 1 atom stereocenters. The molecule has 0 saturated heterocycles. The molecule has 4 nitrogen and oxygen atoms in total. The number of aromatic amines is 1. The van der Waals surface area contributed by atoms with Gasteiger partial charge in [-0.05, 0) is 26.2 Å². The number of aryl methyl sites for hydroxylation is 2. The molecule has 118 valence electrons. The van der Waals surface area contributed by atoms with Crippen LogP contribution in [0.25, 0.3) is 0 Å². The van der Waals surface area contributed by atoms with Crippen molar-refractivity contribution in [2.75, 3.05) is 6.54 Å². The molecule has 2 N–H and O–H groups in total. The van der Waals surface area contributed by atoms with E-state index in [1.54, 1.807) is 0 Å². The van der Waals surface area contributed by atoms with E-state index in [0.29, 0.717) is 0 Å². The number of nitrogens with one attached hydrogen (secondary N) is 2. The third kappa shape index (κ3) is 4.87. The number of carbonyl (C=O) groups excluding carboxylic acids is 1. The lowest BCUT2D eigenvalue weighted by atomic mass is 9.89. The molecule has 1 heterocycles. The first-order valence-corrected chi connectivity index (χ1v) is 8.52. The first-order valence-electron chi connectivity index (χ1n) is 8.52. The summed E-state index contributed by atoms with van der Waals surface area (Å²) >= 11 is 0. The smallest absolute Gasteiger partial charge is 0.223 e. The first kappa shape index (κ1) is 16.1. The summed E-state index contributed by atoms with van der Waals surface area (Å²) in [6.45, 7) is 5.04. The van der Waals surface area contributed by atoms with Crippen LogP contribution in [0.2, 0.25) is 0 Å². The lowest BCUT2D eigenvalue weighted by Crippen LogP contribution is -2.34.